The molecule has 0 heterocycles. The van der Waals surface area contributed by atoms with Gasteiger partial charge in [-0.2, -0.15) is 0 Å². The van der Waals surface area contributed by atoms with E-state index in [0.29, 0.717) is 27.2 Å². The van der Waals surface area contributed by atoms with Crippen molar-refractivity contribution in [2.75, 3.05) is 32.0 Å². The van der Waals surface area contributed by atoms with Gasteiger partial charge in [-0.3, -0.25) is 0 Å². The lowest BCUT2D eigenvalue weighted by Gasteiger charge is -2.15. The molecular weight excluding hydrogens is 383 g/mol. The van der Waals surface area contributed by atoms with Gasteiger partial charge in [0.2, 0.25) is 0 Å². The molecule has 7 nitrogen and oxygen atoms in total. The number of hydrogen-bond acceptors (Lipinski definition) is 5. The molecule has 0 aliphatic carbocycles. The molecule has 2 aromatic carbocycles. The largest absolute Gasteiger partial charge is 0.493 e. The zero-order chi connectivity index (χ0) is 19.3. The van der Waals surface area contributed by atoms with Crippen LogP contribution < -0.4 is 20.1 Å². The zero-order valence-electron chi connectivity index (χ0n) is 14.2. The Balaban J connectivity index is 2.29. The van der Waals surface area contributed by atoms with Gasteiger partial charge in [0.15, 0.2) is 11.5 Å². The maximum absolute atomic E-state index is 12.3. The molecule has 0 aliphatic heterocycles. The number of halogens is 2. The van der Waals surface area contributed by atoms with Gasteiger partial charge in [-0.1, -0.05) is 23.2 Å². The first-order valence-corrected chi connectivity index (χ1v) is 8.02. The van der Waals surface area contributed by atoms with E-state index >= 15 is 0 Å². The molecule has 26 heavy (non-hydrogen) atoms. The fraction of sp³-hybridized carbons (Fsp3) is 0.176. The predicted octanol–water partition coefficient (Wildman–Crippen LogP) is 4.44. The summed E-state index contributed by atoms with van der Waals surface area (Å²) >= 11 is 11.8. The van der Waals surface area contributed by atoms with Crippen molar-refractivity contribution in [2.45, 2.75) is 0 Å². The first-order valence-electron chi connectivity index (χ1n) is 7.27. The van der Waals surface area contributed by atoms with Crippen LogP contribution in [0.2, 0.25) is 10.0 Å². The molecule has 0 atom stereocenters. The number of ether oxygens (including phenoxy) is 3. The maximum atomic E-state index is 12.3. The predicted molar refractivity (Wildman–Crippen MR) is 100.0 cm³/mol. The van der Waals surface area contributed by atoms with Crippen molar-refractivity contribution in [3.8, 4) is 11.5 Å². The number of carbonyl (C=O) groups excluding carboxylic acids is 2. The Morgan fingerprint density at radius 2 is 1.54 bits per heavy atom. The highest BCUT2D eigenvalue weighted by Crippen LogP contribution is 2.34. The second-order valence-electron chi connectivity index (χ2n) is 4.95. The molecule has 0 bridgehead atoms. The quantitative estimate of drug-likeness (QED) is 0.726. The molecule has 2 N–H and O–H groups in total. The summed E-state index contributed by atoms with van der Waals surface area (Å²) < 4.78 is 15.1. The van der Waals surface area contributed by atoms with Gasteiger partial charge in [-0.15, -0.1) is 0 Å². The minimum atomic E-state index is -0.643. The minimum Gasteiger partial charge on any atom is -0.493 e. The van der Waals surface area contributed by atoms with E-state index in [2.05, 4.69) is 10.6 Å². The molecule has 0 radical (unpaired) electrons. The van der Waals surface area contributed by atoms with Crippen LogP contribution in [0.5, 0.6) is 11.5 Å². The molecule has 0 unspecified atom stereocenters. The van der Waals surface area contributed by atoms with E-state index in [1.54, 1.807) is 12.1 Å². The average Bonchev–Trinajstić information content (AvgIpc) is 2.63. The number of nitrogens with one attached hydrogen (secondary N) is 2. The summed E-state index contributed by atoms with van der Waals surface area (Å²) in [6, 6.07) is 6.92. The molecule has 0 spiro atoms. The van der Waals surface area contributed by atoms with Gasteiger partial charge < -0.3 is 24.8 Å². The van der Waals surface area contributed by atoms with Crippen molar-refractivity contribution < 1.29 is 23.8 Å². The van der Waals surface area contributed by atoms with Gasteiger partial charge in [-0.25, -0.2) is 9.59 Å². The highest BCUT2D eigenvalue weighted by molar-refractivity contribution is 6.42. The van der Waals surface area contributed by atoms with Gasteiger partial charge in [0, 0.05) is 17.8 Å². The molecular formula is C17H16Cl2N2O5. The van der Waals surface area contributed by atoms with Crippen LogP contribution in [-0.4, -0.2) is 33.3 Å². The Morgan fingerprint density at radius 3 is 2.12 bits per heavy atom. The molecule has 9 heteroatoms. The monoisotopic (exact) mass is 398 g/mol. The lowest BCUT2D eigenvalue weighted by molar-refractivity contribution is 0.0601. The Morgan fingerprint density at radius 1 is 0.885 bits per heavy atom. The van der Waals surface area contributed by atoms with Crippen LogP contribution in [0.15, 0.2) is 30.3 Å². The first-order chi connectivity index (χ1) is 12.4. The van der Waals surface area contributed by atoms with Crippen molar-refractivity contribution in [3.05, 3.63) is 45.9 Å². The fourth-order valence-electron chi connectivity index (χ4n) is 2.12. The van der Waals surface area contributed by atoms with Crippen molar-refractivity contribution in [2.24, 2.45) is 0 Å². The Kier molecular flexibility index (Phi) is 6.54. The second-order valence-corrected chi connectivity index (χ2v) is 5.77. The topological polar surface area (TPSA) is 85.9 Å². The summed E-state index contributed by atoms with van der Waals surface area (Å²) in [6.07, 6.45) is 0. The van der Waals surface area contributed by atoms with Gasteiger partial charge in [0.05, 0.1) is 42.6 Å². The summed E-state index contributed by atoms with van der Waals surface area (Å²) in [7, 11) is 4.11. The van der Waals surface area contributed by atoms with Crippen molar-refractivity contribution in [1.29, 1.82) is 0 Å². The number of methoxy groups -OCH3 is 3. The zero-order valence-corrected chi connectivity index (χ0v) is 15.7. The van der Waals surface area contributed by atoms with Gasteiger partial charge in [-0.05, 0) is 18.2 Å². The van der Waals surface area contributed by atoms with Crippen LogP contribution in [0.25, 0.3) is 0 Å². The Hall–Kier alpha value is -2.64. The standard InChI is InChI=1S/C17H16Cl2N2O5/c1-24-14-7-10(16(22)26-3)13(8-15(14)25-2)21-17(23)20-9-4-5-11(18)12(19)6-9/h4-8H,1-3H3,(H2,20,21,23). The number of urea groups is 1. The number of carbonyl (C=O) groups is 2. The minimum absolute atomic E-state index is 0.106. The van der Waals surface area contributed by atoms with Crippen LogP contribution in [-0.2, 0) is 4.74 Å². The number of benzene rings is 2. The van der Waals surface area contributed by atoms with Crippen LogP contribution in [0, 0.1) is 0 Å². The molecule has 0 fully saturated rings. The van der Waals surface area contributed by atoms with Gasteiger partial charge in [0.1, 0.15) is 0 Å². The molecule has 0 aromatic heterocycles. The van der Waals surface area contributed by atoms with Crippen molar-refractivity contribution in [3.63, 3.8) is 0 Å². The third-order valence-corrected chi connectivity index (χ3v) is 4.09. The highest BCUT2D eigenvalue weighted by Gasteiger charge is 2.19. The lowest BCUT2D eigenvalue weighted by atomic mass is 10.1. The highest BCUT2D eigenvalue weighted by atomic mass is 35.5. The summed E-state index contributed by atoms with van der Waals surface area (Å²) in [5.41, 5.74) is 0.721. The summed E-state index contributed by atoms with van der Waals surface area (Å²) in [4.78, 5) is 24.3. The Bertz CT molecular complexity index is 842. The maximum Gasteiger partial charge on any atom is 0.340 e. The number of esters is 1. The average molecular weight is 399 g/mol. The van der Waals surface area contributed by atoms with Gasteiger partial charge >= 0.3 is 12.0 Å². The molecule has 2 amide bonds. The molecule has 2 rings (SSSR count). The van der Waals surface area contributed by atoms with E-state index in [4.69, 9.17) is 37.4 Å². The van der Waals surface area contributed by atoms with E-state index in [9.17, 15) is 9.59 Å². The first kappa shape index (κ1) is 19.7. The molecule has 0 saturated carbocycles. The van der Waals surface area contributed by atoms with Crippen LogP contribution in [0.4, 0.5) is 16.2 Å². The van der Waals surface area contributed by atoms with E-state index < -0.39 is 12.0 Å². The second kappa shape index (κ2) is 8.64. The third kappa shape index (κ3) is 4.50. The number of anilines is 2. The molecule has 138 valence electrons. The van der Waals surface area contributed by atoms with Crippen LogP contribution >= 0.6 is 23.2 Å². The van der Waals surface area contributed by atoms with Crippen LogP contribution in [0.3, 0.4) is 0 Å². The number of rotatable bonds is 5. The lowest BCUT2D eigenvalue weighted by Crippen LogP contribution is -2.21. The normalized spacial score (nSPS) is 10.0. The van der Waals surface area contributed by atoms with Crippen molar-refractivity contribution in [1.82, 2.24) is 0 Å². The summed E-state index contributed by atoms with van der Waals surface area (Å²) in [5.74, 6) is 0.0177. The summed E-state index contributed by atoms with van der Waals surface area (Å²) in [5, 5.41) is 5.83. The molecule has 0 saturated heterocycles. The molecule has 2 aromatic rings. The fourth-order valence-corrected chi connectivity index (χ4v) is 2.42. The van der Waals surface area contributed by atoms with Crippen LogP contribution in [0.1, 0.15) is 10.4 Å². The SMILES string of the molecule is COC(=O)c1cc(OC)c(OC)cc1NC(=O)Nc1ccc(Cl)c(Cl)c1. The number of amides is 2. The third-order valence-electron chi connectivity index (χ3n) is 3.35. The van der Waals surface area contributed by atoms with E-state index in [-0.39, 0.29) is 11.3 Å². The number of hydrogen-bond donors (Lipinski definition) is 2. The van der Waals surface area contributed by atoms with Gasteiger partial charge in [0.25, 0.3) is 0 Å². The van der Waals surface area contributed by atoms with E-state index in [0.717, 1.165) is 0 Å². The molecule has 0 aliphatic rings. The Labute approximate surface area is 160 Å². The van der Waals surface area contributed by atoms with Crippen molar-refractivity contribution >= 4 is 46.6 Å². The summed E-state index contributed by atoms with van der Waals surface area (Å²) in [6.45, 7) is 0. The van der Waals surface area contributed by atoms with E-state index in [1.807, 2.05) is 0 Å². The van der Waals surface area contributed by atoms with E-state index in [1.165, 1.54) is 39.5 Å². The smallest absolute Gasteiger partial charge is 0.340 e.